The fraction of sp³-hybridized carbons (Fsp3) is 0.200. The van der Waals surface area contributed by atoms with Gasteiger partial charge in [0, 0.05) is 23.5 Å². The average Bonchev–Trinajstić information content (AvgIpc) is 2.87. The molecular formula is C15H16N4. The number of hydrogen-bond donors (Lipinski definition) is 1. The maximum Gasteiger partial charge on any atom is 0.157 e. The molecule has 1 N–H and O–H groups in total. The molecule has 0 radical (unpaired) electrons. The first kappa shape index (κ1) is 11.7. The van der Waals surface area contributed by atoms with Crippen molar-refractivity contribution < 1.29 is 0 Å². The Hall–Kier alpha value is -2.36. The van der Waals surface area contributed by atoms with Crippen molar-refractivity contribution in [2.45, 2.75) is 20.3 Å². The first-order valence-electron chi connectivity index (χ1n) is 6.43. The van der Waals surface area contributed by atoms with Crippen LogP contribution < -0.4 is 5.32 Å². The van der Waals surface area contributed by atoms with Crippen LogP contribution in [-0.4, -0.2) is 14.6 Å². The highest BCUT2D eigenvalue weighted by Gasteiger charge is 2.04. The van der Waals surface area contributed by atoms with E-state index in [4.69, 9.17) is 0 Å². The van der Waals surface area contributed by atoms with Crippen LogP contribution in [0.3, 0.4) is 0 Å². The van der Waals surface area contributed by atoms with Crippen molar-refractivity contribution in [2.75, 3.05) is 5.32 Å². The number of nitrogens with one attached hydrogen (secondary N) is 1. The van der Waals surface area contributed by atoms with Gasteiger partial charge in [-0.2, -0.15) is 9.61 Å². The number of anilines is 2. The highest BCUT2D eigenvalue weighted by molar-refractivity contribution is 5.60. The van der Waals surface area contributed by atoms with E-state index in [0.717, 1.165) is 29.3 Å². The molecule has 0 saturated heterocycles. The topological polar surface area (TPSA) is 42.2 Å². The molecule has 0 aliphatic carbocycles. The SMILES string of the molecule is CCc1cccc(Nc2cc(C)nc3ccnn23)c1. The smallest absolute Gasteiger partial charge is 0.157 e. The summed E-state index contributed by atoms with van der Waals surface area (Å²) in [6.45, 7) is 4.14. The van der Waals surface area contributed by atoms with E-state index >= 15 is 0 Å². The van der Waals surface area contributed by atoms with Gasteiger partial charge in [0.1, 0.15) is 5.82 Å². The average molecular weight is 252 g/mol. The number of aryl methyl sites for hydroxylation is 2. The molecule has 0 amide bonds. The zero-order chi connectivity index (χ0) is 13.2. The quantitative estimate of drug-likeness (QED) is 0.777. The summed E-state index contributed by atoms with van der Waals surface area (Å²) in [5, 5.41) is 7.70. The molecule has 2 aromatic heterocycles. The van der Waals surface area contributed by atoms with Gasteiger partial charge < -0.3 is 5.32 Å². The van der Waals surface area contributed by atoms with Crippen molar-refractivity contribution in [1.82, 2.24) is 14.6 Å². The van der Waals surface area contributed by atoms with Gasteiger partial charge in [-0.15, -0.1) is 0 Å². The number of rotatable bonds is 3. The molecule has 0 aliphatic heterocycles. The van der Waals surface area contributed by atoms with Crippen LogP contribution in [0, 0.1) is 6.92 Å². The van der Waals surface area contributed by atoms with Crippen LogP contribution in [0.1, 0.15) is 18.2 Å². The van der Waals surface area contributed by atoms with Gasteiger partial charge in [0.25, 0.3) is 0 Å². The summed E-state index contributed by atoms with van der Waals surface area (Å²) in [5.74, 6) is 0.931. The highest BCUT2D eigenvalue weighted by atomic mass is 15.3. The third-order valence-electron chi connectivity index (χ3n) is 3.10. The predicted octanol–water partition coefficient (Wildman–Crippen LogP) is 3.34. The Morgan fingerprint density at radius 1 is 1.21 bits per heavy atom. The fourth-order valence-corrected chi connectivity index (χ4v) is 2.14. The molecule has 0 bridgehead atoms. The Morgan fingerprint density at radius 2 is 2.11 bits per heavy atom. The molecule has 3 rings (SSSR count). The normalized spacial score (nSPS) is 10.8. The Labute approximate surface area is 112 Å². The zero-order valence-corrected chi connectivity index (χ0v) is 11.1. The van der Waals surface area contributed by atoms with Crippen LogP contribution in [0.25, 0.3) is 5.65 Å². The van der Waals surface area contributed by atoms with Crippen molar-refractivity contribution in [3.8, 4) is 0 Å². The summed E-state index contributed by atoms with van der Waals surface area (Å²) in [7, 11) is 0. The lowest BCUT2D eigenvalue weighted by Gasteiger charge is -2.10. The van der Waals surface area contributed by atoms with E-state index in [0.29, 0.717) is 0 Å². The molecule has 96 valence electrons. The Kier molecular flexibility index (Phi) is 2.91. The van der Waals surface area contributed by atoms with E-state index in [-0.39, 0.29) is 0 Å². The summed E-state index contributed by atoms with van der Waals surface area (Å²) < 4.78 is 1.81. The summed E-state index contributed by atoms with van der Waals surface area (Å²) in [6.07, 6.45) is 2.79. The molecule has 2 heterocycles. The van der Waals surface area contributed by atoms with Crippen molar-refractivity contribution >= 4 is 17.2 Å². The number of fused-ring (bicyclic) bond motifs is 1. The first-order valence-corrected chi connectivity index (χ1v) is 6.43. The van der Waals surface area contributed by atoms with Gasteiger partial charge in [-0.3, -0.25) is 0 Å². The van der Waals surface area contributed by atoms with Crippen molar-refractivity contribution in [2.24, 2.45) is 0 Å². The van der Waals surface area contributed by atoms with Gasteiger partial charge >= 0.3 is 0 Å². The Balaban J connectivity index is 2.02. The van der Waals surface area contributed by atoms with E-state index in [1.807, 2.05) is 23.6 Å². The lowest BCUT2D eigenvalue weighted by molar-refractivity contribution is 0.937. The molecule has 0 unspecified atom stereocenters. The molecule has 19 heavy (non-hydrogen) atoms. The molecular weight excluding hydrogens is 236 g/mol. The van der Waals surface area contributed by atoms with Crippen molar-refractivity contribution in [3.63, 3.8) is 0 Å². The third kappa shape index (κ3) is 2.29. The minimum atomic E-state index is 0.856. The second kappa shape index (κ2) is 4.72. The van der Waals surface area contributed by atoms with Crippen LogP contribution in [0.4, 0.5) is 11.5 Å². The molecule has 0 atom stereocenters. The lowest BCUT2D eigenvalue weighted by Crippen LogP contribution is -2.02. The maximum atomic E-state index is 4.43. The van der Waals surface area contributed by atoms with Gasteiger partial charge in [-0.25, -0.2) is 4.98 Å². The Bertz CT molecular complexity index is 715. The van der Waals surface area contributed by atoms with E-state index in [1.165, 1.54) is 5.56 Å². The fourth-order valence-electron chi connectivity index (χ4n) is 2.14. The minimum absolute atomic E-state index is 0.856. The van der Waals surface area contributed by atoms with Crippen molar-refractivity contribution in [3.05, 3.63) is 53.9 Å². The number of nitrogens with zero attached hydrogens (tertiary/aromatic N) is 3. The van der Waals surface area contributed by atoms with Gasteiger partial charge in [0.15, 0.2) is 5.65 Å². The zero-order valence-electron chi connectivity index (χ0n) is 11.1. The van der Waals surface area contributed by atoms with Crippen molar-refractivity contribution in [1.29, 1.82) is 0 Å². The molecule has 0 aliphatic rings. The number of benzene rings is 1. The van der Waals surface area contributed by atoms with Crippen LogP contribution in [0.2, 0.25) is 0 Å². The molecule has 0 spiro atoms. The van der Waals surface area contributed by atoms with Gasteiger partial charge in [-0.05, 0) is 31.0 Å². The second-order valence-corrected chi connectivity index (χ2v) is 4.56. The molecule has 4 nitrogen and oxygen atoms in total. The lowest BCUT2D eigenvalue weighted by atomic mass is 10.1. The molecule has 4 heteroatoms. The summed E-state index contributed by atoms with van der Waals surface area (Å²) in [4.78, 5) is 4.43. The van der Waals surface area contributed by atoms with Crippen LogP contribution >= 0.6 is 0 Å². The highest BCUT2D eigenvalue weighted by Crippen LogP contribution is 2.19. The van der Waals surface area contributed by atoms with Crippen LogP contribution in [0.5, 0.6) is 0 Å². The Morgan fingerprint density at radius 3 is 2.95 bits per heavy atom. The standard InChI is InChI=1S/C15H16N4/c1-3-12-5-4-6-13(10-12)18-15-9-11(2)17-14-7-8-16-19(14)15/h4-10,18H,3H2,1-2H3. The molecule has 1 aromatic carbocycles. The molecule has 3 aromatic rings. The number of hydrogen-bond acceptors (Lipinski definition) is 3. The maximum absolute atomic E-state index is 4.43. The second-order valence-electron chi connectivity index (χ2n) is 4.56. The summed E-state index contributed by atoms with van der Waals surface area (Å²) in [6, 6.07) is 12.3. The summed E-state index contributed by atoms with van der Waals surface area (Å²) in [5.41, 5.74) is 4.21. The summed E-state index contributed by atoms with van der Waals surface area (Å²) >= 11 is 0. The third-order valence-corrected chi connectivity index (χ3v) is 3.10. The van der Waals surface area contributed by atoms with Crippen LogP contribution in [-0.2, 0) is 6.42 Å². The van der Waals surface area contributed by atoms with E-state index in [9.17, 15) is 0 Å². The minimum Gasteiger partial charge on any atom is -0.340 e. The number of aromatic nitrogens is 3. The largest absolute Gasteiger partial charge is 0.340 e. The monoisotopic (exact) mass is 252 g/mol. The van der Waals surface area contributed by atoms with E-state index < -0.39 is 0 Å². The van der Waals surface area contributed by atoms with Gasteiger partial charge in [-0.1, -0.05) is 19.1 Å². The van der Waals surface area contributed by atoms with Gasteiger partial charge in [0.2, 0.25) is 0 Å². The van der Waals surface area contributed by atoms with E-state index in [2.05, 4.69) is 46.6 Å². The predicted molar refractivity (Wildman–Crippen MR) is 76.8 cm³/mol. The van der Waals surface area contributed by atoms with Gasteiger partial charge in [0.05, 0.1) is 6.20 Å². The van der Waals surface area contributed by atoms with E-state index in [1.54, 1.807) is 6.20 Å². The van der Waals surface area contributed by atoms with Crippen LogP contribution in [0.15, 0.2) is 42.6 Å². The molecule has 0 fully saturated rings. The molecule has 0 saturated carbocycles. The first-order chi connectivity index (χ1) is 9.26.